The minimum atomic E-state index is -1.34. The zero-order chi connectivity index (χ0) is 9.84. The first-order valence-electron chi connectivity index (χ1n) is 3.61. The van der Waals surface area contributed by atoms with Crippen LogP contribution in [0.2, 0.25) is 0 Å². The van der Waals surface area contributed by atoms with Crippen molar-refractivity contribution in [3.63, 3.8) is 0 Å². The molecule has 0 aliphatic rings. The normalized spacial score (nSPS) is 11.2. The second-order valence-corrected chi connectivity index (χ2v) is 3.29. The van der Waals surface area contributed by atoms with E-state index >= 15 is 0 Å². The number of carbonyl (C=O) groups is 1. The molecule has 0 fully saturated rings. The van der Waals surface area contributed by atoms with Crippen molar-refractivity contribution < 1.29 is 39.5 Å². The molecule has 0 spiro atoms. The molecule has 5 heteroatoms. The molecule has 0 heterocycles. The van der Waals surface area contributed by atoms with Gasteiger partial charge in [0, 0.05) is 5.12 Å². The Morgan fingerprint density at radius 3 is 2.29 bits per heavy atom. The molecular weight excluding hydrogens is 227 g/mol. The number of hydrogen-bond donors (Lipinski definition) is 1. The second kappa shape index (κ2) is 6.61. The fraction of sp³-hybridized carbons (Fsp3) is 0.111. The van der Waals surface area contributed by atoms with Gasteiger partial charge >= 0.3 is 29.6 Å². The predicted octanol–water partition coefficient (Wildman–Crippen LogP) is -2.16. The van der Waals surface area contributed by atoms with E-state index in [1.165, 1.54) is 0 Å². The number of aliphatic hydroxyl groups is 1. The van der Waals surface area contributed by atoms with Crippen molar-refractivity contribution in [2.45, 2.75) is 6.10 Å². The molecule has 1 aromatic carbocycles. The van der Waals surface area contributed by atoms with Crippen LogP contribution < -0.4 is 29.6 Å². The van der Waals surface area contributed by atoms with Crippen LogP contribution >= 0.6 is 12.2 Å². The van der Waals surface area contributed by atoms with E-state index in [-0.39, 0.29) is 34.4 Å². The van der Waals surface area contributed by atoms with Gasteiger partial charge in [-0.25, -0.2) is 0 Å². The number of thiocarbonyl (C=S) groups is 1. The van der Waals surface area contributed by atoms with Gasteiger partial charge in [0.05, 0.1) is 4.86 Å². The first-order valence-corrected chi connectivity index (χ1v) is 4.43. The van der Waals surface area contributed by atoms with E-state index in [0.717, 1.165) is 0 Å². The van der Waals surface area contributed by atoms with Crippen molar-refractivity contribution in [1.29, 1.82) is 0 Å². The zero-order valence-electron chi connectivity index (χ0n) is 7.64. The van der Waals surface area contributed by atoms with E-state index in [0.29, 0.717) is 5.56 Å². The summed E-state index contributed by atoms with van der Waals surface area (Å²) in [7, 11) is 0. The van der Waals surface area contributed by atoms with E-state index in [4.69, 9.17) is 12.2 Å². The molecule has 0 unspecified atom stereocenters. The average Bonchev–Trinajstić information content (AvgIpc) is 2.17. The van der Waals surface area contributed by atoms with Crippen LogP contribution in [-0.2, 0) is 17.4 Å². The fourth-order valence-electron chi connectivity index (χ4n) is 0.867. The first kappa shape index (κ1) is 14.2. The van der Waals surface area contributed by atoms with E-state index in [1.807, 2.05) is 6.07 Å². The van der Waals surface area contributed by atoms with Gasteiger partial charge in [-0.3, -0.25) is 0 Å². The number of aliphatic hydroxyl groups excluding tert-OH is 1. The maximum atomic E-state index is 10.6. The van der Waals surface area contributed by atoms with Crippen molar-refractivity contribution in [1.82, 2.24) is 0 Å². The summed E-state index contributed by atoms with van der Waals surface area (Å²) in [5.74, 6) is 0. The van der Waals surface area contributed by atoms with Gasteiger partial charge in [0.15, 0.2) is 0 Å². The maximum absolute atomic E-state index is 10.6. The van der Waals surface area contributed by atoms with Crippen LogP contribution in [0.3, 0.4) is 0 Å². The molecule has 0 aliphatic heterocycles. The third-order valence-corrected chi connectivity index (χ3v) is 2.21. The van der Waals surface area contributed by atoms with Crippen LogP contribution in [0.1, 0.15) is 5.56 Å². The standard InChI is InChI=1S/C9H8O2S2.Na/c10-7(9(11)13)8(12)6-4-2-1-3-5-6;/h1-5,7,10H,(H,11,13);/q;+1/p-1/t7-;/m1./s1. The van der Waals surface area contributed by atoms with Crippen molar-refractivity contribution in [3.8, 4) is 0 Å². The van der Waals surface area contributed by atoms with Gasteiger partial charge in [-0.2, -0.15) is 0 Å². The van der Waals surface area contributed by atoms with Crippen molar-refractivity contribution >= 4 is 34.8 Å². The molecule has 0 saturated heterocycles. The average molecular weight is 234 g/mol. The Balaban J connectivity index is 0.00000169. The Morgan fingerprint density at radius 1 is 1.36 bits per heavy atom. The summed E-state index contributed by atoms with van der Waals surface area (Å²) in [6, 6.07) is 8.84. The Morgan fingerprint density at radius 2 is 1.86 bits per heavy atom. The molecule has 0 bridgehead atoms. The summed E-state index contributed by atoms with van der Waals surface area (Å²) < 4.78 is 0. The molecule has 0 aromatic heterocycles. The van der Waals surface area contributed by atoms with Gasteiger partial charge in [0.1, 0.15) is 6.10 Å². The summed E-state index contributed by atoms with van der Waals surface area (Å²) in [4.78, 5) is 10.8. The van der Waals surface area contributed by atoms with Gasteiger partial charge in [0.25, 0.3) is 0 Å². The van der Waals surface area contributed by atoms with E-state index in [1.54, 1.807) is 24.3 Å². The quantitative estimate of drug-likeness (QED) is 0.280. The maximum Gasteiger partial charge on any atom is 1.00 e. The monoisotopic (exact) mass is 234 g/mol. The third kappa shape index (κ3) is 3.73. The summed E-state index contributed by atoms with van der Waals surface area (Å²) in [5.41, 5.74) is 0.656. The molecule has 68 valence electrons. The molecule has 1 atom stereocenters. The second-order valence-electron chi connectivity index (χ2n) is 2.45. The minimum absolute atomic E-state index is 0. The Labute approximate surface area is 115 Å². The Bertz CT molecular complexity index is 327. The molecule has 0 radical (unpaired) electrons. The summed E-state index contributed by atoms with van der Waals surface area (Å²) in [6.07, 6.45) is -1.34. The Hall–Kier alpha value is 0.160. The largest absolute Gasteiger partial charge is 1.00 e. The van der Waals surface area contributed by atoms with Crippen LogP contribution in [0.5, 0.6) is 0 Å². The van der Waals surface area contributed by atoms with Crippen molar-refractivity contribution in [2.24, 2.45) is 0 Å². The molecule has 2 nitrogen and oxygen atoms in total. The van der Waals surface area contributed by atoms with Crippen molar-refractivity contribution in [2.75, 3.05) is 0 Å². The van der Waals surface area contributed by atoms with E-state index < -0.39 is 11.2 Å². The fourth-order valence-corrected chi connectivity index (χ4v) is 1.30. The van der Waals surface area contributed by atoms with Gasteiger partial charge in [-0.05, 0) is 5.56 Å². The topological polar surface area (TPSA) is 37.3 Å². The Kier molecular flexibility index (Phi) is 6.68. The predicted molar refractivity (Wildman–Crippen MR) is 56.5 cm³/mol. The number of rotatable bonds is 3. The molecule has 0 amide bonds. The smallest absolute Gasteiger partial charge is 0.739 e. The van der Waals surface area contributed by atoms with E-state index in [9.17, 15) is 9.90 Å². The van der Waals surface area contributed by atoms with Gasteiger partial charge < -0.3 is 22.5 Å². The summed E-state index contributed by atoms with van der Waals surface area (Å²) in [6.45, 7) is 0. The molecule has 0 aliphatic carbocycles. The number of hydrogen-bond acceptors (Lipinski definition) is 4. The SMILES string of the molecule is O=C([S-])[C@H](O)C(=S)c1ccccc1.[Na+]. The molecular formula is C9H7NaO2S2. The number of benzene rings is 1. The molecule has 1 N–H and O–H groups in total. The van der Waals surface area contributed by atoms with Crippen LogP contribution in [0.4, 0.5) is 0 Å². The summed E-state index contributed by atoms with van der Waals surface area (Å²) >= 11 is 9.18. The zero-order valence-corrected chi connectivity index (χ0v) is 11.3. The van der Waals surface area contributed by atoms with Crippen LogP contribution in [0, 0.1) is 0 Å². The van der Waals surface area contributed by atoms with Crippen LogP contribution in [0.25, 0.3) is 0 Å². The van der Waals surface area contributed by atoms with Crippen LogP contribution in [-0.4, -0.2) is 21.2 Å². The first-order chi connectivity index (χ1) is 6.13. The molecule has 14 heavy (non-hydrogen) atoms. The molecule has 0 saturated carbocycles. The molecule has 1 aromatic rings. The number of carbonyl (C=O) groups excluding carboxylic acids is 1. The van der Waals surface area contributed by atoms with Crippen molar-refractivity contribution in [3.05, 3.63) is 35.9 Å². The van der Waals surface area contributed by atoms with E-state index in [2.05, 4.69) is 12.6 Å². The third-order valence-electron chi connectivity index (χ3n) is 1.53. The minimum Gasteiger partial charge on any atom is -0.739 e. The van der Waals surface area contributed by atoms with Gasteiger partial charge in [0.2, 0.25) is 0 Å². The van der Waals surface area contributed by atoms with Gasteiger partial charge in [-0.15, -0.1) is 0 Å². The molecule has 1 rings (SSSR count). The van der Waals surface area contributed by atoms with Crippen LogP contribution in [0.15, 0.2) is 30.3 Å². The van der Waals surface area contributed by atoms with Gasteiger partial charge in [-0.1, -0.05) is 42.5 Å². The summed E-state index contributed by atoms with van der Waals surface area (Å²) in [5, 5.41) is 8.51.